The number of aryl methyl sites for hydroxylation is 1. The molecule has 4 aromatic rings. The number of methoxy groups -OCH3 is 2. The highest BCUT2D eigenvalue weighted by molar-refractivity contribution is 6.06. The fraction of sp³-hybridized carbons (Fsp3) is 0.238. The number of ether oxygens (including phenoxy) is 4. The number of hydrogen-bond acceptors (Lipinski definition) is 9. The first kappa shape index (κ1) is 33.8. The van der Waals surface area contributed by atoms with Crippen LogP contribution in [0.2, 0.25) is 0 Å². The minimum atomic E-state index is -0.225. The summed E-state index contributed by atoms with van der Waals surface area (Å²) in [4.78, 5) is 40.3. The summed E-state index contributed by atoms with van der Waals surface area (Å²) in [6.45, 7) is 2.68. The van der Waals surface area contributed by atoms with Crippen molar-refractivity contribution in [1.82, 2.24) is 9.80 Å². The zero-order valence-corrected chi connectivity index (χ0v) is 29.7. The molecule has 0 unspecified atom stereocenters. The van der Waals surface area contributed by atoms with Gasteiger partial charge in [0.1, 0.15) is 0 Å². The molecule has 0 spiro atoms. The number of para-hydroxylation sites is 1. The number of carbonyl (C=O) groups excluding carboxylic acids is 2. The molecule has 53 heavy (non-hydrogen) atoms. The van der Waals surface area contributed by atoms with Crippen molar-refractivity contribution in [2.24, 2.45) is 9.98 Å². The van der Waals surface area contributed by atoms with Crippen LogP contribution in [0.5, 0.6) is 23.0 Å². The van der Waals surface area contributed by atoms with Crippen LogP contribution in [-0.2, 0) is 0 Å². The van der Waals surface area contributed by atoms with E-state index < -0.39 is 0 Å². The van der Waals surface area contributed by atoms with E-state index in [0.29, 0.717) is 83.7 Å². The minimum absolute atomic E-state index is 0.137. The molecule has 2 atom stereocenters. The van der Waals surface area contributed by atoms with Gasteiger partial charge in [0.25, 0.3) is 11.8 Å². The number of fused-ring (bicyclic) bond motifs is 4. The van der Waals surface area contributed by atoms with Crippen molar-refractivity contribution in [3.63, 3.8) is 0 Å². The number of nitrogens with zero attached hydrogens (tertiary/aromatic N) is 4. The van der Waals surface area contributed by atoms with E-state index in [4.69, 9.17) is 29.7 Å². The molecule has 268 valence electrons. The minimum Gasteiger partial charge on any atom is -0.493 e. The van der Waals surface area contributed by atoms with Crippen molar-refractivity contribution in [2.75, 3.05) is 33.2 Å². The van der Waals surface area contributed by atoms with Gasteiger partial charge in [0.15, 0.2) is 23.0 Å². The Morgan fingerprint density at radius 1 is 0.679 bits per heavy atom. The second-order valence-corrected chi connectivity index (χ2v) is 13.4. The van der Waals surface area contributed by atoms with Gasteiger partial charge in [-0.25, -0.2) is 0 Å². The molecule has 0 saturated carbocycles. The van der Waals surface area contributed by atoms with E-state index in [0.717, 1.165) is 22.3 Å². The van der Waals surface area contributed by atoms with Crippen LogP contribution in [0.25, 0.3) is 11.1 Å². The summed E-state index contributed by atoms with van der Waals surface area (Å²) >= 11 is 0. The molecule has 8 rings (SSSR count). The summed E-state index contributed by atoms with van der Waals surface area (Å²) in [5.74, 6) is 1.52. The summed E-state index contributed by atoms with van der Waals surface area (Å²) < 4.78 is 23.5. The molecule has 4 heterocycles. The molecule has 0 fully saturated rings. The fourth-order valence-corrected chi connectivity index (χ4v) is 7.11. The Morgan fingerprint density at radius 3 is 1.75 bits per heavy atom. The van der Waals surface area contributed by atoms with Gasteiger partial charge in [-0.2, -0.15) is 0 Å². The predicted octanol–water partition coefficient (Wildman–Crippen LogP) is 7.39. The lowest BCUT2D eigenvalue weighted by Gasteiger charge is -2.19. The summed E-state index contributed by atoms with van der Waals surface area (Å²) in [7, 11) is 3.09. The summed E-state index contributed by atoms with van der Waals surface area (Å²) in [6, 6.07) is 22.4. The zero-order chi connectivity index (χ0) is 36.6. The van der Waals surface area contributed by atoms with Crippen LogP contribution < -0.4 is 24.7 Å². The molecule has 0 aromatic heterocycles. The second kappa shape index (κ2) is 14.0. The maximum Gasteiger partial charge on any atom is 0.260 e. The van der Waals surface area contributed by atoms with Gasteiger partial charge in [-0.1, -0.05) is 48.0 Å². The number of carbonyl (C=O) groups is 2. The standard InChI is InChI=1S/C42H39N5O6/c1-25-9-11-26(12-10-25)27-15-29-21-44-35-19-39(37(50-2)17-32(35)41(48)46(29)23-27)52-13-6-14-53-40-20-36-33(18-38(40)51-3)42(49)47-24-28(16-30(47)22-45-36)31-7-4-5-8-34(31)43/h4-5,7-12,17-24,29-30H,6,13-16,43H2,1-3H3/t29-,30-/m0/s1. The molecule has 4 aliphatic heterocycles. The molecule has 4 aromatic carbocycles. The lowest BCUT2D eigenvalue weighted by atomic mass is 10.0. The van der Waals surface area contributed by atoms with Crippen molar-refractivity contribution >= 4 is 52.5 Å². The molecular weight excluding hydrogens is 670 g/mol. The predicted molar refractivity (Wildman–Crippen MR) is 205 cm³/mol. The Labute approximate surface area is 307 Å². The third-order valence-corrected chi connectivity index (χ3v) is 9.96. The van der Waals surface area contributed by atoms with Gasteiger partial charge in [0.05, 0.1) is 62.0 Å². The van der Waals surface area contributed by atoms with Crippen LogP contribution in [0.1, 0.15) is 56.7 Å². The number of amides is 2. The first-order chi connectivity index (χ1) is 25.8. The number of nitrogen functional groups attached to an aromatic ring is 1. The largest absolute Gasteiger partial charge is 0.493 e. The normalized spacial score (nSPS) is 18.3. The Balaban J connectivity index is 0.917. The van der Waals surface area contributed by atoms with Gasteiger partial charge in [-0.3, -0.25) is 19.6 Å². The first-order valence-corrected chi connectivity index (χ1v) is 17.6. The van der Waals surface area contributed by atoms with Crippen molar-refractivity contribution in [3.05, 3.63) is 113 Å². The number of anilines is 1. The topological polar surface area (TPSA) is 128 Å². The fourth-order valence-electron chi connectivity index (χ4n) is 7.11. The molecule has 11 heteroatoms. The summed E-state index contributed by atoms with van der Waals surface area (Å²) in [5.41, 5.74) is 14.1. The Kier molecular flexibility index (Phi) is 8.91. The number of aliphatic imine (C=N–C) groups is 2. The Morgan fingerprint density at radius 2 is 1.21 bits per heavy atom. The van der Waals surface area contributed by atoms with E-state index in [1.807, 2.05) is 42.9 Å². The third kappa shape index (κ3) is 6.39. The van der Waals surface area contributed by atoms with E-state index in [9.17, 15) is 9.59 Å². The lowest BCUT2D eigenvalue weighted by molar-refractivity contribution is 0.0809. The molecule has 0 radical (unpaired) electrons. The highest BCUT2D eigenvalue weighted by Crippen LogP contribution is 2.42. The van der Waals surface area contributed by atoms with Gasteiger partial charge in [-0.05, 0) is 41.8 Å². The lowest BCUT2D eigenvalue weighted by Crippen LogP contribution is -2.32. The molecule has 2 amide bonds. The second-order valence-electron chi connectivity index (χ2n) is 13.4. The Hall–Kier alpha value is -6.36. The van der Waals surface area contributed by atoms with E-state index in [-0.39, 0.29) is 23.9 Å². The summed E-state index contributed by atoms with van der Waals surface area (Å²) in [5, 5.41) is 0. The van der Waals surface area contributed by atoms with Crippen LogP contribution in [0.4, 0.5) is 17.1 Å². The highest BCUT2D eigenvalue weighted by atomic mass is 16.5. The zero-order valence-electron chi connectivity index (χ0n) is 29.7. The summed E-state index contributed by atoms with van der Waals surface area (Å²) in [6.07, 6.45) is 9.24. The van der Waals surface area contributed by atoms with E-state index in [2.05, 4.69) is 36.2 Å². The maximum absolute atomic E-state index is 13.7. The van der Waals surface area contributed by atoms with Gasteiger partial charge in [0, 0.05) is 67.5 Å². The van der Waals surface area contributed by atoms with Crippen molar-refractivity contribution in [2.45, 2.75) is 38.3 Å². The number of nitrogens with two attached hydrogens (primary N) is 1. The molecule has 0 saturated heterocycles. The number of rotatable bonds is 10. The van der Waals surface area contributed by atoms with Gasteiger partial charge in [0.2, 0.25) is 0 Å². The van der Waals surface area contributed by atoms with Crippen LogP contribution >= 0.6 is 0 Å². The van der Waals surface area contributed by atoms with Crippen LogP contribution in [0.15, 0.2) is 95.2 Å². The molecule has 11 nitrogen and oxygen atoms in total. The molecule has 2 N–H and O–H groups in total. The number of hydrogen-bond donors (Lipinski definition) is 1. The van der Waals surface area contributed by atoms with Crippen molar-refractivity contribution < 1.29 is 28.5 Å². The van der Waals surface area contributed by atoms with Crippen LogP contribution in [0.3, 0.4) is 0 Å². The Bertz CT molecular complexity index is 2240. The smallest absolute Gasteiger partial charge is 0.260 e. The van der Waals surface area contributed by atoms with E-state index >= 15 is 0 Å². The van der Waals surface area contributed by atoms with Gasteiger partial charge in [-0.15, -0.1) is 0 Å². The van der Waals surface area contributed by atoms with Gasteiger partial charge < -0.3 is 34.5 Å². The maximum atomic E-state index is 13.7. The van der Waals surface area contributed by atoms with Crippen molar-refractivity contribution in [3.8, 4) is 23.0 Å². The van der Waals surface area contributed by atoms with E-state index in [1.54, 1.807) is 47.4 Å². The third-order valence-electron chi connectivity index (χ3n) is 9.96. The number of benzene rings is 4. The molecular formula is C42H39N5O6. The SMILES string of the molecule is COc1cc2c(cc1OCCCOc1cc3c(cc1OC)C(=O)N1C=C(c4ccccc4N)C[C@H]1C=N3)N=C[C@@H]1CC(c3ccc(C)cc3)=CN1C2=O. The monoisotopic (exact) mass is 709 g/mol. The average Bonchev–Trinajstić information content (AvgIpc) is 3.75. The van der Waals surface area contributed by atoms with Crippen LogP contribution in [-0.4, -0.2) is 73.6 Å². The highest BCUT2D eigenvalue weighted by Gasteiger charge is 2.35. The molecule has 0 aliphatic carbocycles. The van der Waals surface area contributed by atoms with Crippen LogP contribution in [0, 0.1) is 6.92 Å². The van der Waals surface area contributed by atoms with Crippen molar-refractivity contribution in [1.29, 1.82) is 0 Å². The molecule has 4 aliphatic rings. The van der Waals surface area contributed by atoms with Gasteiger partial charge >= 0.3 is 0 Å². The average molecular weight is 710 g/mol. The van der Waals surface area contributed by atoms with E-state index in [1.165, 1.54) is 12.7 Å². The first-order valence-electron chi connectivity index (χ1n) is 17.6. The molecule has 0 bridgehead atoms. The quantitative estimate of drug-likeness (QED) is 0.134.